The van der Waals surface area contributed by atoms with Crippen molar-refractivity contribution >= 4 is 5.69 Å². The van der Waals surface area contributed by atoms with Gasteiger partial charge in [0.05, 0.1) is 11.5 Å². The van der Waals surface area contributed by atoms with E-state index in [1.165, 1.54) is 12.1 Å². The van der Waals surface area contributed by atoms with Gasteiger partial charge in [0.2, 0.25) is 0 Å². The van der Waals surface area contributed by atoms with Crippen molar-refractivity contribution in [1.29, 1.82) is 0 Å². The number of nitro benzene ring substituents is 1. The van der Waals surface area contributed by atoms with Gasteiger partial charge < -0.3 is 28.8 Å². The van der Waals surface area contributed by atoms with E-state index in [2.05, 4.69) is 0 Å². The standard InChI is InChI=1S/C17H19NO8/c1-15(2)25-13-14(26-15)23-12-11-7-22-17(24-11,8-16(12,13)19)9-4-3-5-10(6-9)18(20)21/h3-6,11-14,19H,7-8H2,1-2H3/t11-,12-,13+,14-,16-,17?/m1/s1. The average Bonchev–Trinajstić information content (AvgIpc) is 3.18. The van der Waals surface area contributed by atoms with Crippen LogP contribution in [-0.2, 0) is 29.5 Å². The lowest BCUT2D eigenvalue weighted by Crippen LogP contribution is -2.60. The summed E-state index contributed by atoms with van der Waals surface area (Å²) in [4.78, 5) is 10.6. The molecule has 1 unspecified atom stereocenters. The summed E-state index contributed by atoms with van der Waals surface area (Å²) in [5.74, 6) is -2.15. The molecule has 4 aliphatic rings. The summed E-state index contributed by atoms with van der Waals surface area (Å²) in [7, 11) is 0. The van der Waals surface area contributed by atoms with Crippen LogP contribution in [0.25, 0.3) is 0 Å². The molecule has 4 fully saturated rings. The molecule has 1 aromatic carbocycles. The summed E-state index contributed by atoms with van der Waals surface area (Å²) in [6.07, 6.45) is -2.52. The summed E-state index contributed by atoms with van der Waals surface area (Å²) < 4.78 is 29.5. The quantitative estimate of drug-likeness (QED) is 0.614. The van der Waals surface area contributed by atoms with Crippen molar-refractivity contribution in [3.8, 4) is 0 Å². The number of ether oxygens (including phenoxy) is 5. The van der Waals surface area contributed by atoms with Crippen LogP contribution in [0.4, 0.5) is 5.69 Å². The second-order valence-corrected chi connectivity index (χ2v) is 7.68. The average molecular weight is 365 g/mol. The van der Waals surface area contributed by atoms with Gasteiger partial charge >= 0.3 is 0 Å². The summed E-state index contributed by atoms with van der Waals surface area (Å²) in [5.41, 5.74) is -0.964. The number of hydrogen-bond donors (Lipinski definition) is 1. The Balaban J connectivity index is 1.54. The molecule has 9 nitrogen and oxygen atoms in total. The van der Waals surface area contributed by atoms with E-state index in [1.807, 2.05) is 0 Å². The van der Waals surface area contributed by atoms with Crippen LogP contribution in [-0.4, -0.2) is 52.6 Å². The minimum Gasteiger partial charge on any atom is -0.384 e. The van der Waals surface area contributed by atoms with Gasteiger partial charge in [-0.3, -0.25) is 10.1 Å². The molecule has 0 aliphatic carbocycles. The smallest absolute Gasteiger partial charge is 0.269 e. The molecule has 140 valence electrons. The molecule has 4 aliphatic heterocycles. The maximum absolute atomic E-state index is 11.5. The lowest BCUT2D eigenvalue weighted by Gasteiger charge is -2.44. The Kier molecular flexibility index (Phi) is 3.18. The minimum absolute atomic E-state index is 0.0307. The SMILES string of the molecule is CC1(C)O[C@H]2O[C@@H]3[C@H]4COC(c5cccc([N+](=O)[O-])c5)(C[C@]3(O)[C@H]2O1)O4. The van der Waals surface area contributed by atoms with E-state index in [0.717, 1.165) is 0 Å². The molecule has 0 aromatic heterocycles. The zero-order valence-corrected chi connectivity index (χ0v) is 14.3. The van der Waals surface area contributed by atoms with Gasteiger partial charge in [-0.15, -0.1) is 0 Å². The summed E-state index contributed by atoms with van der Waals surface area (Å²) in [6.45, 7) is 3.72. The fourth-order valence-electron chi connectivity index (χ4n) is 4.46. The van der Waals surface area contributed by atoms with Gasteiger partial charge in [0, 0.05) is 24.1 Å². The molecule has 0 spiro atoms. The topological polar surface area (TPSA) is 110 Å². The molecule has 2 bridgehead atoms. The number of hydrogen-bond acceptors (Lipinski definition) is 8. The highest BCUT2D eigenvalue weighted by atomic mass is 16.8. The monoisotopic (exact) mass is 365 g/mol. The number of rotatable bonds is 2. The molecule has 5 rings (SSSR count). The lowest BCUT2D eigenvalue weighted by molar-refractivity contribution is -0.385. The first kappa shape index (κ1) is 16.5. The molecule has 0 radical (unpaired) electrons. The van der Waals surface area contributed by atoms with Crippen molar-refractivity contribution in [2.75, 3.05) is 6.61 Å². The van der Waals surface area contributed by atoms with Crippen molar-refractivity contribution in [1.82, 2.24) is 0 Å². The predicted molar refractivity (Wildman–Crippen MR) is 83.9 cm³/mol. The number of fused-ring (bicyclic) bond motifs is 6. The molecular formula is C17H19NO8. The van der Waals surface area contributed by atoms with Crippen LogP contribution in [0.2, 0.25) is 0 Å². The van der Waals surface area contributed by atoms with Gasteiger partial charge in [0.25, 0.3) is 5.69 Å². The van der Waals surface area contributed by atoms with Gasteiger partial charge in [-0.1, -0.05) is 12.1 Å². The molecule has 1 aromatic rings. The van der Waals surface area contributed by atoms with Gasteiger partial charge in [-0.2, -0.15) is 0 Å². The van der Waals surface area contributed by atoms with Crippen LogP contribution in [0.3, 0.4) is 0 Å². The molecule has 0 amide bonds. The number of benzene rings is 1. The third-order valence-electron chi connectivity index (χ3n) is 5.50. The van der Waals surface area contributed by atoms with Crippen molar-refractivity contribution in [2.45, 2.75) is 62.0 Å². The second kappa shape index (κ2) is 5.00. The fourth-order valence-corrected chi connectivity index (χ4v) is 4.46. The molecule has 9 heteroatoms. The first-order valence-corrected chi connectivity index (χ1v) is 8.53. The molecule has 6 atom stereocenters. The van der Waals surface area contributed by atoms with Crippen molar-refractivity contribution in [3.63, 3.8) is 0 Å². The fraction of sp³-hybridized carbons (Fsp3) is 0.647. The van der Waals surface area contributed by atoms with Crippen LogP contribution in [0.1, 0.15) is 25.8 Å². The van der Waals surface area contributed by atoms with E-state index in [-0.39, 0.29) is 18.7 Å². The normalized spacial score (nSPS) is 45.3. The van der Waals surface area contributed by atoms with Gasteiger partial charge in [-0.25, -0.2) is 0 Å². The highest BCUT2D eigenvalue weighted by Crippen LogP contribution is 2.56. The zero-order valence-electron chi connectivity index (χ0n) is 14.3. The zero-order chi connectivity index (χ0) is 18.3. The molecule has 4 saturated heterocycles. The minimum atomic E-state index is -1.39. The summed E-state index contributed by atoms with van der Waals surface area (Å²) in [6, 6.07) is 6.08. The van der Waals surface area contributed by atoms with Crippen molar-refractivity contribution in [2.24, 2.45) is 0 Å². The largest absolute Gasteiger partial charge is 0.384 e. The van der Waals surface area contributed by atoms with E-state index in [0.29, 0.717) is 5.56 Å². The van der Waals surface area contributed by atoms with Crippen LogP contribution in [0.15, 0.2) is 24.3 Å². The highest BCUT2D eigenvalue weighted by Gasteiger charge is 2.72. The first-order valence-electron chi connectivity index (χ1n) is 8.53. The maximum Gasteiger partial charge on any atom is 0.269 e. The molecular weight excluding hydrogens is 346 g/mol. The Morgan fingerprint density at radius 3 is 2.81 bits per heavy atom. The van der Waals surface area contributed by atoms with E-state index >= 15 is 0 Å². The third-order valence-corrected chi connectivity index (χ3v) is 5.50. The van der Waals surface area contributed by atoms with Gasteiger partial charge in [-0.05, 0) is 13.8 Å². The Morgan fingerprint density at radius 1 is 1.23 bits per heavy atom. The summed E-state index contributed by atoms with van der Waals surface area (Å²) >= 11 is 0. The second-order valence-electron chi connectivity index (χ2n) is 7.68. The molecule has 1 N–H and O–H groups in total. The Morgan fingerprint density at radius 2 is 2.04 bits per heavy atom. The van der Waals surface area contributed by atoms with Crippen LogP contribution in [0.5, 0.6) is 0 Å². The molecule has 4 heterocycles. The molecule has 0 saturated carbocycles. The third kappa shape index (κ3) is 2.13. The van der Waals surface area contributed by atoms with Gasteiger partial charge in [0.1, 0.15) is 23.9 Å². The van der Waals surface area contributed by atoms with E-state index in [9.17, 15) is 15.2 Å². The Bertz CT molecular complexity index is 784. The van der Waals surface area contributed by atoms with Crippen LogP contribution < -0.4 is 0 Å². The number of nitro groups is 1. The Hall–Kier alpha value is -1.62. The summed E-state index contributed by atoms with van der Waals surface area (Å²) in [5, 5.41) is 22.6. The maximum atomic E-state index is 11.5. The van der Waals surface area contributed by atoms with Gasteiger partial charge in [0.15, 0.2) is 17.9 Å². The molecule has 26 heavy (non-hydrogen) atoms. The highest BCUT2D eigenvalue weighted by molar-refractivity contribution is 5.38. The predicted octanol–water partition coefficient (Wildman–Crippen LogP) is 1.17. The number of non-ortho nitro benzene ring substituents is 1. The Labute approximate surface area is 148 Å². The first-order chi connectivity index (χ1) is 12.2. The van der Waals surface area contributed by atoms with Crippen molar-refractivity contribution in [3.05, 3.63) is 39.9 Å². The van der Waals surface area contributed by atoms with E-state index < -0.39 is 46.7 Å². The van der Waals surface area contributed by atoms with Crippen LogP contribution in [0, 0.1) is 10.1 Å². The number of aliphatic hydroxyl groups is 1. The van der Waals surface area contributed by atoms with E-state index in [1.54, 1.807) is 26.0 Å². The van der Waals surface area contributed by atoms with E-state index in [4.69, 9.17) is 23.7 Å². The van der Waals surface area contributed by atoms with Crippen molar-refractivity contribution < 1.29 is 33.7 Å². The lowest BCUT2D eigenvalue weighted by atomic mass is 9.79. The number of nitrogens with zero attached hydrogens (tertiary/aromatic N) is 1. The van der Waals surface area contributed by atoms with Crippen LogP contribution >= 0.6 is 0 Å².